The maximum Gasteiger partial charge on any atom is 0.245 e. The molecule has 0 bridgehead atoms. The molecule has 2 rings (SSSR count). The van der Waals surface area contributed by atoms with Gasteiger partial charge in [-0.15, -0.1) is 12.4 Å². The highest BCUT2D eigenvalue weighted by atomic mass is 35.5. The molecular weight excluding hydrogens is 220 g/mol. The predicted molar refractivity (Wildman–Crippen MR) is 60.8 cm³/mol. The largest absolute Gasteiger partial charge is 0.394 e. The summed E-state index contributed by atoms with van der Waals surface area (Å²) in [4.78, 5) is 15.4. The Morgan fingerprint density at radius 2 is 2.20 bits per heavy atom. The minimum absolute atomic E-state index is 0. The molecule has 15 heavy (non-hydrogen) atoms. The number of nitrogens with one attached hydrogen (secondary N) is 1. The minimum Gasteiger partial charge on any atom is -0.394 e. The van der Waals surface area contributed by atoms with E-state index in [1.807, 2.05) is 0 Å². The van der Waals surface area contributed by atoms with Gasteiger partial charge in [0.15, 0.2) is 11.7 Å². The third kappa shape index (κ3) is 2.08. The van der Waals surface area contributed by atoms with Crippen molar-refractivity contribution < 1.29 is 5.11 Å². The van der Waals surface area contributed by atoms with Crippen LogP contribution in [0.5, 0.6) is 0 Å². The molecule has 0 aromatic heterocycles. The Bertz CT molecular complexity index is 410. The number of nitrogens with two attached hydrogens (primary N) is 1. The summed E-state index contributed by atoms with van der Waals surface area (Å²) in [6, 6.07) is -0.398. The second-order valence-corrected chi connectivity index (χ2v) is 2.76. The van der Waals surface area contributed by atoms with Gasteiger partial charge in [0.2, 0.25) is 5.96 Å². The Hall–Kier alpha value is -1.60. The molecule has 0 fully saturated rings. The Kier molecular flexibility index (Phi) is 3.28. The number of aliphatic hydroxyl groups excluding tert-OH is 1. The maximum absolute atomic E-state index is 8.86. The van der Waals surface area contributed by atoms with Crippen molar-refractivity contribution in [2.75, 3.05) is 6.61 Å². The molecule has 2 heterocycles. The maximum atomic E-state index is 8.86. The number of fused-ring (bicyclic) bond motifs is 1. The van der Waals surface area contributed by atoms with Crippen molar-refractivity contribution >= 4 is 42.0 Å². The third-order valence-corrected chi connectivity index (χ3v) is 1.74. The van der Waals surface area contributed by atoms with E-state index >= 15 is 0 Å². The van der Waals surface area contributed by atoms with Gasteiger partial charge in [-0.05, 0) is 0 Å². The van der Waals surface area contributed by atoms with Crippen LogP contribution in [0, 0.1) is 5.41 Å². The molecule has 0 saturated heterocycles. The highest BCUT2D eigenvalue weighted by Crippen LogP contribution is 2.05. The fraction of sp³-hybridized carbons (Fsp3) is 0.286. The molecule has 0 saturated carbocycles. The standard InChI is InChI=1S/C7H8N6O.ClH/c8-5-4-6(13-7(9)12-5)10-1-3(2-14)11-4;/h1,3,14H,2H2,(H3,8,9,12);1H. The van der Waals surface area contributed by atoms with Crippen LogP contribution in [0.4, 0.5) is 0 Å². The zero-order chi connectivity index (χ0) is 10.1. The van der Waals surface area contributed by atoms with E-state index < -0.39 is 6.04 Å². The molecule has 2 aliphatic rings. The Morgan fingerprint density at radius 1 is 1.47 bits per heavy atom. The molecule has 0 amide bonds. The number of hydrogen-bond acceptors (Lipinski definition) is 5. The molecule has 4 N–H and O–H groups in total. The lowest BCUT2D eigenvalue weighted by Crippen LogP contribution is -2.38. The van der Waals surface area contributed by atoms with Crippen LogP contribution in [0.15, 0.2) is 20.0 Å². The van der Waals surface area contributed by atoms with Crippen molar-refractivity contribution in [1.82, 2.24) is 0 Å². The lowest BCUT2D eigenvalue weighted by molar-refractivity contribution is 0.292. The van der Waals surface area contributed by atoms with Crippen LogP contribution in [0.25, 0.3) is 0 Å². The predicted octanol–water partition coefficient (Wildman–Crippen LogP) is -1.00. The van der Waals surface area contributed by atoms with Crippen LogP contribution >= 0.6 is 12.4 Å². The molecule has 1 atom stereocenters. The van der Waals surface area contributed by atoms with Crippen molar-refractivity contribution in [2.45, 2.75) is 6.04 Å². The Morgan fingerprint density at radius 3 is 2.87 bits per heavy atom. The van der Waals surface area contributed by atoms with Crippen molar-refractivity contribution in [3.8, 4) is 0 Å². The summed E-state index contributed by atoms with van der Waals surface area (Å²) in [5.74, 6) is 0.221. The van der Waals surface area contributed by atoms with E-state index in [-0.39, 0.29) is 36.6 Å². The number of aliphatic imine (C=N–C) groups is 4. The van der Waals surface area contributed by atoms with Gasteiger partial charge in [0.25, 0.3) is 0 Å². The van der Waals surface area contributed by atoms with E-state index in [4.69, 9.17) is 16.2 Å². The van der Waals surface area contributed by atoms with Gasteiger partial charge >= 0.3 is 0 Å². The number of nitrogens with zero attached hydrogens (tertiary/aromatic N) is 4. The van der Waals surface area contributed by atoms with Gasteiger partial charge in [-0.3, -0.25) is 10.4 Å². The first-order valence-corrected chi connectivity index (χ1v) is 3.95. The molecule has 0 aliphatic carbocycles. The Balaban J connectivity index is 0.00000112. The summed E-state index contributed by atoms with van der Waals surface area (Å²) in [5, 5.41) is 16.1. The smallest absolute Gasteiger partial charge is 0.245 e. The highest BCUT2D eigenvalue weighted by molar-refractivity contribution is 6.70. The highest BCUT2D eigenvalue weighted by Gasteiger charge is 2.23. The number of amidine groups is 2. The molecule has 0 aromatic rings. The van der Waals surface area contributed by atoms with E-state index in [2.05, 4.69) is 20.0 Å². The van der Waals surface area contributed by atoms with E-state index in [9.17, 15) is 0 Å². The molecule has 80 valence electrons. The normalized spacial score (nSPS) is 23.4. The summed E-state index contributed by atoms with van der Waals surface area (Å²) < 4.78 is 0. The zero-order valence-electron chi connectivity index (χ0n) is 7.58. The minimum atomic E-state index is -0.398. The third-order valence-electron chi connectivity index (χ3n) is 1.74. The van der Waals surface area contributed by atoms with E-state index in [1.54, 1.807) is 0 Å². The van der Waals surface area contributed by atoms with Crippen molar-refractivity contribution in [3.05, 3.63) is 0 Å². The molecule has 1 unspecified atom stereocenters. The van der Waals surface area contributed by atoms with E-state index in [0.717, 1.165) is 0 Å². The summed E-state index contributed by atoms with van der Waals surface area (Å²) in [6.45, 7) is -0.134. The fourth-order valence-corrected chi connectivity index (χ4v) is 1.12. The van der Waals surface area contributed by atoms with Crippen LogP contribution in [-0.4, -0.2) is 47.3 Å². The monoisotopic (exact) mass is 228 g/mol. The van der Waals surface area contributed by atoms with Gasteiger partial charge in [-0.25, -0.2) is 4.99 Å². The number of halogens is 1. The zero-order valence-corrected chi connectivity index (χ0v) is 8.40. The number of hydrogen-bond donors (Lipinski definition) is 3. The van der Waals surface area contributed by atoms with Crippen LogP contribution in [0.1, 0.15) is 0 Å². The topological polar surface area (TPSA) is 120 Å². The van der Waals surface area contributed by atoms with E-state index in [0.29, 0.717) is 5.71 Å². The second-order valence-electron chi connectivity index (χ2n) is 2.76. The second kappa shape index (κ2) is 4.28. The van der Waals surface area contributed by atoms with Crippen LogP contribution in [-0.2, 0) is 0 Å². The van der Waals surface area contributed by atoms with Gasteiger partial charge in [-0.2, -0.15) is 9.98 Å². The molecule has 7 nitrogen and oxygen atoms in total. The number of guanidine groups is 1. The number of aliphatic hydroxyl groups is 1. The van der Waals surface area contributed by atoms with Crippen LogP contribution < -0.4 is 5.73 Å². The average molecular weight is 229 g/mol. The molecule has 2 aliphatic heterocycles. The van der Waals surface area contributed by atoms with Crippen LogP contribution in [0.3, 0.4) is 0 Å². The van der Waals surface area contributed by atoms with Crippen LogP contribution in [0.2, 0.25) is 0 Å². The lowest BCUT2D eigenvalue weighted by atomic mass is 10.2. The SMILES string of the molecule is Cl.N=C1N=C(N)C2=NC(CO)C=NC2=N1. The first-order valence-electron chi connectivity index (χ1n) is 3.95. The molecule has 0 aromatic carbocycles. The van der Waals surface area contributed by atoms with E-state index in [1.165, 1.54) is 6.21 Å². The van der Waals surface area contributed by atoms with Crippen molar-refractivity contribution in [1.29, 1.82) is 5.41 Å². The molecular formula is C7H9ClN6O. The van der Waals surface area contributed by atoms with Gasteiger partial charge in [-0.1, -0.05) is 0 Å². The van der Waals surface area contributed by atoms with Gasteiger partial charge in [0.05, 0.1) is 6.61 Å². The lowest BCUT2D eigenvalue weighted by Gasteiger charge is -2.16. The quantitative estimate of drug-likeness (QED) is 0.533. The summed E-state index contributed by atoms with van der Waals surface area (Å²) in [5.41, 5.74) is 5.89. The summed E-state index contributed by atoms with van der Waals surface area (Å²) >= 11 is 0. The van der Waals surface area contributed by atoms with Gasteiger partial charge < -0.3 is 10.8 Å². The molecule has 0 radical (unpaired) electrons. The van der Waals surface area contributed by atoms with Crippen molar-refractivity contribution in [3.63, 3.8) is 0 Å². The van der Waals surface area contributed by atoms with Crippen molar-refractivity contribution in [2.24, 2.45) is 25.7 Å². The molecule has 8 heteroatoms. The summed E-state index contributed by atoms with van der Waals surface area (Å²) in [6.07, 6.45) is 1.47. The fourth-order valence-electron chi connectivity index (χ4n) is 1.12. The van der Waals surface area contributed by atoms with Gasteiger partial charge in [0, 0.05) is 6.21 Å². The van der Waals surface area contributed by atoms with Gasteiger partial charge in [0.1, 0.15) is 11.8 Å². The number of rotatable bonds is 1. The Labute approximate surface area is 91.5 Å². The first-order chi connectivity index (χ1) is 6.70. The first kappa shape index (κ1) is 11.5. The molecule has 0 spiro atoms. The summed E-state index contributed by atoms with van der Waals surface area (Å²) in [7, 11) is 0. The average Bonchev–Trinajstić information content (AvgIpc) is 2.17.